The van der Waals surface area contributed by atoms with E-state index in [4.69, 9.17) is 4.74 Å². The monoisotopic (exact) mass is 270 g/mol. The molecule has 1 aliphatic heterocycles. The van der Waals surface area contributed by atoms with Gasteiger partial charge in [-0.1, -0.05) is 6.07 Å². The first-order valence-electron chi connectivity index (χ1n) is 6.49. The van der Waals surface area contributed by atoms with Crippen molar-refractivity contribution in [3.8, 4) is 11.5 Å². The minimum absolute atomic E-state index is 0.198. The average Bonchev–Trinajstić information content (AvgIpc) is 2.43. The highest BCUT2D eigenvalue weighted by molar-refractivity contribution is 5.94. The second-order valence-electron chi connectivity index (χ2n) is 5.03. The summed E-state index contributed by atoms with van der Waals surface area (Å²) in [6.45, 7) is 4.33. The molecule has 0 spiro atoms. The van der Waals surface area contributed by atoms with E-state index in [1.54, 1.807) is 24.3 Å². The summed E-state index contributed by atoms with van der Waals surface area (Å²) in [4.78, 5) is 0. The number of rotatable bonds is 1. The quantitative estimate of drug-likeness (QED) is 0.843. The van der Waals surface area contributed by atoms with Gasteiger partial charge in [-0.2, -0.15) is 0 Å². The highest BCUT2D eigenvalue weighted by atomic mass is 19.1. The van der Waals surface area contributed by atoms with Gasteiger partial charge in [0.2, 0.25) is 0 Å². The number of allylic oxidation sites excluding steroid dienone is 1. The van der Waals surface area contributed by atoms with E-state index in [1.165, 1.54) is 12.1 Å². The van der Waals surface area contributed by atoms with Gasteiger partial charge in [0.15, 0.2) is 0 Å². The van der Waals surface area contributed by atoms with Crippen LogP contribution in [0.25, 0.3) is 11.1 Å². The van der Waals surface area contributed by atoms with Crippen molar-refractivity contribution in [1.82, 2.24) is 0 Å². The summed E-state index contributed by atoms with van der Waals surface area (Å²) < 4.78 is 19.2. The Hall–Kier alpha value is -2.29. The molecule has 0 atom stereocenters. The van der Waals surface area contributed by atoms with E-state index in [1.807, 2.05) is 13.8 Å². The molecule has 3 heteroatoms. The third-order valence-corrected chi connectivity index (χ3v) is 3.72. The normalized spacial score (nSPS) is 13.9. The third kappa shape index (κ3) is 2.05. The molecule has 0 radical (unpaired) electrons. The lowest BCUT2D eigenvalue weighted by molar-refractivity contribution is 0.363. The van der Waals surface area contributed by atoms with Gasteiger partial charge in [0.1, 0.15) is 23.9 Å². The van der Waals surface area contributed by atoms with Crippen molar-refractivity contribution in [1.29, 1.82) is 0 Å². The molecule has 2 aromatic carbocycles. The van der Waals surface area contributed by atoms with Crippen molar-refractivity contribution in [2.45, 2.75) is 13.8 Å². The lowest BCUT2D eigenvalue weighted by Gasteiger charge is -2.23. The molecule has 0 bridgehead atoms. The van der Waals surface area contributed by atoms with Crippen LogP contribution in [-0.2, 0) is 0 Å². The van der Waals surface area contributed by atoms with Gasteiger partial charge in [-0.3, -0.25) is 0 Å². The molecule has 2 nitrogen and oxygen atoms in total. The molecule has 1 aliphatic rings. The highest BCUT2D eigenvalue weighted by Crippen LogP contribution is 2.39. The van der Waals surface area contributed by atoms with Gasteiger partial charge in [0, 0.05) is 11.1 Å². The Balaban J connectivity index is 2.19. The molecule has 3 rings (SSSR count). The lowest BCUT2D eigenvalue weighted by atomic mass is 9.91. The highest BCUT2D eigenvalue weighted by Gasteiger charge is 2.20. The molecule has 0 unspecified atom stereocenters. The topological polar surface area (TPSA) is 29.5 Å². The maximum Gasteiger partial charge on any atom is 0.127 e. The third-order valence-electron chi connectivity index (χ3n) is 3.72. The Morgan fingerprint density at radius 3 is 2.65 bits per heavy atom. The van der Waals surface area contributed by atoms with E-state index in [0.29, 0.717) is 6.61 Å². The molecule has 20 heavy (non-hydrogen) atoms. The summed E-state index contributed by atoms with van der Waals surface area (Å²) in [5.74, 6) is 0.689. The maximum absolute atomic E-state index is 13.5. The smallest absolute Gasteiger partial charge is 0.127 e. The lowest BCUT2D eigenvalue weighted by Crippen LogP contribution is -2.10. The van der Waals surface area contributed by atoms with Crippen molar-refractivity contribution < 1.29 is 14.2 Å². The SMILES string of the molecule is CC1=C(c2cc(F)ccc2C)COc2ccc(O)cc21. The first-order chi connectivity index (χ1) is 9.56. The largest absolute Gasteiger partial charge is 0.508 e. The summed E-state index contributed by atoms with van der Waals surface area (Å²) in [6.07, 6.45) is 0. The van der Waals surface area contributed by atoms with Crippen LogP contribution in [0.4, 0.5) is 4.39 Å². The van der Waals surface area contributed by atoms with Crippen LogP contribution >= 0.6 is 0 Å². The molecule has 0 amide bonds. The minimum Gasteiger partial charge on any atom is -0.508 e. The Kier molecular flexibility index (Phi) is 2.97. The maximum atomic E-state index is 13.5. The number of aryl methyl sites for hydroxylation is 1. The number of halogens is 1. The molecule has 0 fully saturated rings. The average molecular weight is 270 g/mol. The van der Waals surface area contributed by atoms with Gasteiger partial charge in [-0.05, 0) is 60.9 Å². The molecule has 1 N–H and O–H groups in total. The van der Waals surface area contributed by atoms with Crippen LogP contribution in [-0.4, -0.2) is 11.7 Å². The first kappa shape index (κ1) is 12.7. The van der Waals surface area contributed by atoms with E-state index in [0.717, 1.165) is 33.6 Å². The summed E-state index contributed by atoms with van der Waals surface area (Å²) in [5.41, 5.74) is 4.69. The van der Waals surface area contributed by atoms with Gasteiger partial charge < -0.3 is 9.84 Å². The van der Waals surface area contributed by atoms with Crippen LogP contribution < -0.4 is 4.74 Å². The van der Waals surface area contributed by atoms with Crippen LogP contribution in [0.2, 0.25) is 0 Å². The van der Waals surface area contributed by atoms with E-state index < -0.39 is 0 Å². The number of aromatic hydroxyl groups is 1. The van der Waals surface area contributed by atoms with Crippen molar-refractivity contribution >= 4 is 11.1 Å². The van der Waals surface area contributed by atoms with Gasteiger partial charge in [-0.15, -0.1) is 0 Å². The van der Waals surface area contributed by atoms with Crippen molar-refractivity contribution in [2.24, 2.45) is 0 Å². The molecular weight excluding hydrogens is 255 g/mol. The predicted molar refractivity (Wildman–Crippen MR) is 77.2 cm³/mol. The van der Waals surface area contributed by atoms with Crippen LogP contribution in [0.15, 0.2) is 36.4 Å². The van der Waals surface area contributed by atoms with Crippen LogP contribution in [0.1, 0.15) is 23.6 Å². The van der Waals surface area contributed by atoms with E-state index >= 15 is 0 Å². The van der Waals surface area contributed by atoms with Crippen molar-refractivity contribution in [3.63, 3.8) is 0 Å². The van der Waals surface area contributed by atoms with E-state index in [-0.39, 0.29) is 11.6 Å². The fraction of sp³-hybridized carbons (Fsp3) is 0.176. The zero-order valence-electron chi connectivity index (χ0n) is 11.4. The summed E-state index contributed by atoms with van der Waals surface area (Å²) in [5, 5.41) is 9.62. The zero-order chi connectivity index (χ0) is 14.3. The molecule has 0 aromatic heterocycles. The number of hydrogen-bond acceptors (Lipinski definition) is 2. The molecule has 102 valence electrons. The summed E-state index contributed by atoms with van der Waals surface area (Å²) in [7, 11) is 0. The Morgan fingerprint density at radius 2 is 1.85 bits per heavy atom. The number of ether oxygens (including phenoxy) is 1. The standard InChI is InChI=1S/C17H15FO2/c1-10-3-4-12(18)7-14(10)16-9-20-17-6-5-13(19)8-15(17)11(16)2/h3-8,19H,9H2,1-2H3. The molecule has 0 aliphatic carbocycles. The van der Waals surface area contributed by atoms with E-state index in [9.17, 15) is 9.50 Å². The second-order valence-corrected chi connectivity index (χ2v) is 5.03. The van der Waals surface area contributed by atoms with Crippen LogP contribution in [0, 0.1) is 12.7 Å². The molecule has 0 saturated carbocycles. The Labute approximate surface area is 117 Å². The first-order valence-corrected chi connectivity index (χ1v) is 6.49. The fourth-order valence-electron chi connectivity index (χ4n) is 2.56. The van der Waals surface area contributed by atoms with Gasteiger partial charge in [0.25, 0.3) is 0 Å². The van der Waals surface area contributed by atoms with Gasteiger partial charge in [0.05, 0.1) is 0 Å². The van der Waals surface area contributed by atoms with Crippen molar-refractivity contribution in [2.75, 3.05) is 6.61 Å². The summed E-state index contributed by atoms with van der Waals surface area (Å²) in [6, 6.07) is 9.79. The number of fused-ring (bicyclic) bond motifs is 1. The number of phenols is 1. The van der Waals surface area contributed by atoms with Gasteiger partial charge in [-0.25, -0.2) is 4.39 Å². The Morgan fingerprint density at radius 1 is 1.05 bits per heavy atom. The van der Waals surface area contributed by atoms with Crippen molar-refractivity contribution in [3.05, 3.63) is 58.9 Å². The fourth-order valence-corrected chi connectivity index (χ4v) is 2.56. The Bertz CT molecular complexity index is 717. The zero-order valence-corrected chi connectivity index (χ0v) is 11.4. The summed E-state index contributed by atoms with van der Waals surface area (Å²) >= 11 is 0. The molecular formula is C17H15FO2. The minimum atomic E-state index is -0.257. The number of benzene rings is 2. The molecule has 2 aromatic rings. The van der Waals surface area contributed by atoms with E-state index in [2.05, 4.69) is 0 Å². The van der Waals surface area contributed by atoms with Crippen LogP contribution in [0.3, 0.4) is 0 Å². The molecule has 0 saturated heterocycles. The van der Waals surface area contributed by atoms with Gasteiger partial charge >= 0.3 is 0 Å². The number of hydrogen-bond donors (Lipinski definition) is 1. The predicted octanol–water partition coefficient (Wildman–Crippen LogP) is 4.16. The number of phenolic OH excluding ortho intramolecular Hbond substituents is 1. The molecule has 1 heterocycles. The van der Waals surface area contributed by atoms with Crippen LogP contribution in [0.5, 0.6) is 11.5 Å². The second kappa shape index (κ2) is 4.67.